The zero-order valence-corrected chi connectivity index (χ0v) is 13.2. The fourth-order valence-electron chi connectivity index (χ4n) is 2.45. The SMILES string of the molecule is CN(C)CCc1ccc(CCc2ccccc2C(=O)O)cc1. The van der Waals surface area contributed by atoms with Gasteiger partial charge in [0.2, 0.25) is 0 Å². The van der Waals surface area contributed by atoms with Gasteiger partial charge in [-0.25, -0.2) is 4.79 Å². The monoisotopic (exact) mass is 297 g/mol. The first-order valence-electron chi connectivity index (χ1n) is 7.60. The molecule has 0 atom stereocenters. The number of carboxylic acids is 1. The molecule has 116 valence electrons. The van der Waals surface area contributed by atoms with E-state index in [1.165, 1.54) is 11.1 Å². The molecule has 0 radical (unpaired) electrons. The minimum atomic E-state index is -0.852. The second-order valence-corrected chi connectivity index (χ2v) is 5.83. The van der Waals surface area contributed by atoms with Gasteiger partial charge in [-0.2, -0.15) is 0 Å². The van der Waals surface area contributed by atoms with Crippen LogP contribution in [0.3, 0.4) is 0 Å². The number of rotatable bonds is 7. The van der Waals surface area contributed by atoms with Crippen molar-refractivity contribution < 1.29 is 9.90 Å². The largest absolute Gasteiger partial charge is 0.478 e. The molecule has 0 saturated heterocycles. The number of hydrogen-bond acceptors (Lipinski definition) is 2. The Morgan fingerprint density at radius 1 is 0.909 bits per heavy atom. The molecule has 2 aromatic rings. The average molecular weight is 297 g/mol. The summed E-state index contributed by atoms with van der Waals surface area (Å²) in [5, 5.41) is 9.20. The molecule has 0 aliphatic carbocycles. The van der Waals surface area contributed by atoms with Gasteiger partial charge >= 0.3 is 5.97 Å². The van der Waals surface area contributed by atoms with E-state index in [2.05, 4.69) is 43.3 Å². The number of likely N-dealkylation sites (N-methyl/N-ethyl adjacent to an activating group) is 1. The van der Waals surface area contributed by atoms with Crippen molar-refractivity contribution in [1.29, 1.82) is 0 Å². The van der Waals surface area contributed by atoms with E-state index in [9.17, 15) is 9.90 Å². The lowest BCUT2D eigenvalue weighted by atomic mass is 9.99. The van der Waals surface area contributed by atoms with Crippen LogP contribution in [-0.2, 0) is 19.3 Å². The van der Waals surface area contributed by atoms with E-state index in [0.29, 0.717) is 5.56 Å². The zero-order chi connectivity index (χ0) is 15.9. The van der Waals surface area contributed by atoms with Crippen LogP contribution in [0, 0.1) is 0 Å². The Kier molecular flexibility index (Phi) is 5.73. The van der Waals surface area contributed by atoms with Gasteiger partial charge < -0.3 is 10.0 Å². The molecule has 3 heteroatoms. The quantitative estimate of drug-likeness (QED) is 0.852. The summed E-state index contributed by atoms with van der Waals surface area (Å²) in [6, 6.07) is 15.9. The number of aryl methyl sites for hydroxylation is 2. The molecule has 0 fully saturated rings. The maximum absolute atomic E-state index is 11.2. The smallest absolute Gasteiger partial charge is 0.335 e. The highest BCUT2D eigenvalue weighted by molar-refractivity contribution is 5.89. The third-order valence-electron chi connectivity index (χ3n) is 3.80. The number of carboxylic acid groups (broad SMARTS) is 1. The van der Waals surface area contributed by atoms with E-state index in [-0.39, 0.29) is 0 Å². The topological polar surface area (TPSA) is 40.5 Å². The summed E-state index contributed by atoms with van der Waals surface area (Å²) >= 11 is 0. The van der Waals surface area contributed by atoms with Gasteiger partial charge in [0, 0.05) is 6.54 Å². The van der Waals surface area contributed by atoms with E-state index < -0.39 is 5.97 Å². The third kappa shape index (κ3) is 4.71. The predicted octanol–water partition coefficient (Wildman–Crippen LogP) is 3.27. The molecular weight excluding hydrogens is 274 g/mol. The third-order valence-corrected chi connectivity index (χ3v) is 3.80. The Bertz CT molecular complexity index is 618. The van der Waals surface area contributed by atoms with Gasteiger partial charge in [-0.05, 0) is 56.1 Å². The molecule has 0 saturated carbocycles. The molecule has 0 unspecified atom stereocenters. The summed E-state index contributed by atoms with van der Waals surface area (Å²) < 4.78 is 0. The highest BCUT2D eigenvalue weighted by atomic mass is 16.4. The first-order chi connectivity index (χ1) is 10.6. The molecule has 0 aromatic heterocycles. The van der Waals surface area contributed by atoms with Crippen LogP contribution in [0.5, 0.6) is 0 Å². The Morgan fingerprint density at radius 3 is 2.09 bits per heavy atom. The molecule has 0 aliphatic heterocycles. The normalized spacial score (nSPS) is 10.9. The Balaban J connectivity index is 1.96. The summed E-state index contributed by atoms with van der Waals surface area (Å²) in [7, 11) is 4.16. The Hall–Kier alpha value is -2.13. The van der Waals surface area contributed by atoms with Crippen molar-refractivity contribution in [2.45, 2.75) is 19.3 Å². The van der Waals surface area contributed by atoms with Crippen LogP contribution in [0.15, 0.2) is 48.5 Å². The zero-order valence-electron chi connectivity index (χ0n) is 13.2. The van der Waals surface area contributed by atoms with Gasteiger partial charge in [0.05, 0.1) is 5.56 Å². The molecule has 3 nitrogen and oxygen atoms in total. The van der Waals surface area contributed by atoms with Crippen molar-refractivity contribution in [1.82, 2.24) is 4.90 Å². The molecule has 0 heterocycles. The van der Waals surface area contributed by atoms with E-state index in [1.807, 2.05) is 12.1 Å². The van der Waals surface area contributed by atoms with Crippen molar-refractivity contribution >= 4 is 5.97 Å². The van der Waals surface area contributed by atoms with Gasteiger partial charge in [-0.1, -0.05) is 42.5 Å². The molecular formula is C19H23NO2. The minimum Gasteiger partial charge on any atom is -0.478 e. The van der Waals surface area contributed by atoms with E-state index in [4.69, 9.17) is 0 Å². The van der Waals surface area contributed by atoms with Crippen LogP contribution in [0.2, 0.25) is 0 Å². The number of hydrogen-bond donors (Lipinski definition) is 1. The van der Waals surface area contributed by atoms with Crippen LogP contribution in [0.25, 0.3) is 0 Å². The van der Waals surface area contributed by atoms with E-state index >= 15 is 0 Å². The van der Waals surface area contributed by atoms with Gasteiger partial charge in [-0.15, -0.1) is 0 Å². The van der Waals surface area contributed by atoms with Crippen LogP contribution in [0.1, 0.15) is 27.0 Å². The summed E-state index contributed by atoms with van der Waals surface area (Å²) in [4.78, 5) is 13.4. The van der Waals surface area contributed by atoms with Crippen molar-refractivity contribution in [3.63, 3.8) is 0 Å². The lowest BCUT2D eigenvalue weighted by Gasteiger charge is -2.10. The first-order valence-corrected chi connectivity index (χ1v) is 7.60. The Labute approximate surface area is 132 Å². The van der Waals surface area contributed by atoms with Gasteiger partial charge in [-0.3, -0.25) is 0 Å². The summed E-state index contributed by atoms with van der Waals surface area (Å²) in [5.74, 6) is -0.852. The average Bonchev–Trinajstić information content (AvgIpc) is 2.52. The van der Waals surface area contributed by atoms with Gasteiger partial charge in [0.25, 0.3) is 0 Å². The van der Waals surface area contributed by atoms with Crippen LogP contribution in [-0.4, -0.2) is 36.6 Å². The number of aromatic carboxylic acids is 1. The lowest BCUT2D eigenvalue weighted by Crippen LogP contribution is -2.14. The van der Waals surface area contributed by atoms with Crippen molar-refractivity contribution in [2.75, 3.05) is 20.6 Å². The number of nitrogens with zero attached hydrogens (tertiary/aromatic N) is 1. The molecule has 2 aromatic carbocycles. The van der Waals surface area contributed by atoms with Crippen LogP contribution >= 0.6 is 0 Å². The van der Waals surface area contributed by atoms with Crippen molar-refractivity contribution in [3.05, 3.63) is 70.8 Å². The molecule has 0 spiro atoms. The molecule has 0 amide bonds. The highest BCUT2D eigenvalue weighted by Gasteiger charge is 2.08. The van der Waals surface area contributed by atoms with Crippen molar-refractivity contribution in [2.24, 2.45) is 0 Å². The van der Waals surface area contributed by atoms with E-state index in [0.717, 1.165) is 31.4 Å². The minimum absolute atomic E-state index is 0.408. The molecule has 1 N–H and O–H groups in total. The number of benzene rings is 2. The molecule has 2 rings (SSSR count). The molecule has 22 heavy (non-hydrogen) atoms. The van der Waals surface area contributed by atoms with Crippen LogP contribution in [0.4, 0.5) is 0 Å². The summed E-state index contributed by atoms with van der Waals surface area (Å²) in [6.07, 6.45) is 2.66. The molecule has 0 bridgehead atoms. The van der Waals surface area contributed by atoms with Gasteiger partial charge in [0.1, 0.15) is 0 Å². The summed E-state index contributed by atoms with van der Waals surface area (Å²) in [6.45, 7) is 1.05. The second kappa shape index (κ2) is 7.76. The highest BCUT2D eigenvalue weighted by Crippen LogP contribution is 2.13. The standard InChI is InChI=1S/C19H23NO2/c1-20(2)14-13-16-9-7-15(8-10-16)11-12-17-5-3-4-6-18(17)19(21)22/h3-10H,11-14H2,1-2H3,(H,21,22). The fraction of sp³-hybridized carbons (Fsp3) is 0.316. The first kappa shape index (κ1) is 16.2. The predicted molar refractivity (Wildman–Crippen MR) is 89.5 cm³/mol. The van der Waals surface area contributed by atoms with E-state index in [1.54, 1.807) is 12.1 Å². The van der Waals surface area contributed by atoms with Crippen LogP contribution < -0.4 is 0 Å². The van der Waals surface area contributed by atoms with Gasteiger partial charge in [0.15, 0.2) is 0 Å². The van der Waals surface area contributed by atoms with Crippen molar-refractivity contribution in [3.8, 4) is 0 Å². The second-order valence-electron chi connectivity index (χ2n) is 5.83. The maximum Gasteiger partial charge on any atom is 0.335 e. The maximum atomic E-state index is 11.2. The number of carbonyl (C=O) groups is 1. The summed E-state index contributed by atoms with van der Waals surface area (Å²) in [5.41, 5.74) is 3.88. The lowest BCUT2D eigenvalue weighted by molar-refractivity contribution is 0.0695. The fourth-order valence-corrected chi connectivity index (χ4v) is 2.45. The molecule has 0 aliphatic rings. The Morgan fingerprint density at radius 2 is 1.50 bits per heavy atom.